The summed E-state index contributed by atoms with van der Waals surface area (Å²) in [7, 11) is 0. The highest BCUT2D eigenvalue weighted by Crippen LogP contribution is 2.39. The highest BCUT2D eigenvalue weighted by molar-refractivity contribution is 6.30. The molecule has 1 spiro atoms. The van der Waals surface area contributed by atoms with Crippen LogP contribution in [0, 0.1) is 5.92 Å². The third kappa shape index (κ3) is 3.71. The zero-order chi connectivity index (χ0) is 19.1. The minimum atomic E-state index is -0.354. The number of fused-ring (bicyclic) bond motifs is 1. The number of nitrogens with one attached hydrogen (secondary N) is 1. The molecule has 1 aromatic carbocycles. The Labute approximate surface area is 168 Å². The molecule has 3 aliphatic rings. The van der Waals surface area contributed by atoms with Gasteiger partial charge in [-0.2, -0.15) is 0 Å². The number of amidine groups is 1. The summed E-state index contributed by atoms with van der Waals surface area (Å²) < 4.78 is 0. The van der Waals surface area contributed by atoms with Crippen molar-refractivity contribution in [3.63, 3.8) is 0 Å². The van der Waals surface area contributed by atoms with E-state index in [2.05, 4.69) is 38.2 Å². The number of aliphatic imine (C=N–C) groups is 2. The van der Waals surface area contributed by atoms with E-state index in [9.17, 15) is 0 Å². The Balaban J connectivity index is 1.77. The number of rotatable bonds is 2. The molecular weight excluding hydrogens is 354 g/mol. The molecule has 1 fully saturated rings. The number of allylic oxidation sites excluding steroid dienone is 2. The topological polar surface area (TPSA) is 36.8 Å². The number of hydrogen-bond acceptors (Lipinski definition) is 2. The summed E-state index contributed by atoms with van der Waals surface area (Å²) in [5.74, 6) is 1.73. The van der Waals surface area contributed by atoms with E-state index < -0.39 is 0 Å². The summed E-state index contributed by atoms with van der Waals surface area (Å²) in [6.07, 6.45) is 10.4. The Hall–Kier alpha value is -1.61. The van der Waals surface area contributed by atoms with Gasteiger partial charge in [-0.15, -0.1) is 0 Å². The molecule has 0 bridgehead atoms. The largest absolute Gasteiger partial charge is 0.341 e. The maximum Gasteiger partial charge on any atom is 0.130 e. The molecule has 1 saturated carbocycles. The first-order chi connectivity index (χ1) is 12.9. The molecule has 4 heteroatoms. The van der Waals surface area contributed by atoms with E-state index in [1.54, 1.807) is 0 Å². The molecular formula is C23H30ClN3. The summed E-state index contributed by atoms with van der Waals surface area (Å²) in [6.45, 7) is 6.65. The number of benzene rings is 1. The highest BCUT2D eigenvalue weighted by Gasteiger charge is 2.43. The first kappa shape index (κ1) is 18.7. The lowest BCUT2D eigenvalue weighted by atomic mass is 9.78. The maximum atomic E-state index is 6.25. The molecule has 1 atom stereocenters. The van der Waals surface area contributed by atoms with Gasteiger partial charge in [-0.05, 0) is 63.1 Å². The number of halogens is 1. The third-order valence-electron chi connectivity index (χ3n) is 6.22. The van der Waals surface area contributed by atoms with Crippen LogP contribution in [0.15, 0.2) is 46.0 Å². The van der Waals surface area contributed by atoms with Crippen LogP contribution in [0.1, 0.15) is 71.3 Å². The zero-order valence-corrected chi connectivity index (χ0v) is 17.4. The van der Waals surface area contributed by atoms with Crippen molar-refractivity contribution < 1.29 is 0 Å². The Kier molecular flexibility index (Phi) is 4.92. The van der Waals surface area contributed by atoms with Crippen molar-refractivity contribution in [3.8, 4) is 0 Å². The Morgan fingerprint density at radius 1 is 1.22 bits per heavy atom. The first-order valence-corrected chi connectivity index (χ1v) is 10.7. The van der Waals surface area contributed by atoms with Gasteiger partial charge in [0.05, 0.1) is 16.9 Å². The van der Waals surface area contributed by atoms with Gasteiger partial charge >= 0.3 is 0 Å². The summed E-state index contributed by atoms with van der Waals surface area (Å²) in [4.78, 5) is 10.6. The Bertz CT molecular complexity index is 813. The van der Waals surface area contributed by atoms with E-state index in [0.717, 1.165) is 42.1 Å². The van der Waals surface area contributed by atoms with E-state index in [4.69, 9.17) is 21.6 Å². The van der Waals surface area contributed by atoms with Gasteiger partial charge in [-0.25, -0.2) is 0 Å². The van der Waals surface area contributed by atoms with Gasteiger partial charge in [0.15, 0.2) is 0 Å². The van der Waals surface area contributed by atoms with Crippen molar-refractivity contribution in [1.29, 1.82) is 0 Å². The second kappa shape index (κ2) is 7.09. The second-order valence-corrected chi connectivity index (χ2v) is 9.40. The van der Waals surface area contributed by atoms with Crippen molar-refractivity contribution in [2.24, 2.45) is 15.9 Å². The SMILES string of the molecule is CC1CC=C2NC(=NC(C)(C)c3cccc(Cl)c3)C3(CCCCC3)N=C2C1. The molecule has 0 saturated heterocycles. The summed E-state index contributed by atoms with van der Waals surface area (Å²) in [6, 6.07) is 8.06. The third-order valence-corrected chi connectivity index (χ3v) is 6.46. The van der Waals surface area contributed by atoms with E-state index in [1.807, 2.05) is 18.2 Å². The molecule has 1 unspecified atom stereocenters. The highest BCUT2D eigenvalue weighted by atomic mass is 35.5. The molecule has 144 valence electrons. The van der Waals surface area contributed by atoms with Gasteiger partial charge < -0.3 is 5.32 Å². The van der Waals surface area contributed by atoms with E-state index in [0.29, 0.717) is 5.92 Å². The predicted octanol–water partition coefficient (Wildman–Crippen LogP) is 6.03. The first-order valence-electron chi connectivity index (χ1n) is 10.3. The molecule has 0 radical (unpaired) electrons. The fourth-order valence-electron chi connectivity index (χ4n) is 4.57. The van der Waals surface area contributed by atoms with Crippen LogP contribution in [0.3, 0.4) is 0 Å². The lowest BCUT2D eigenvalue weighted by Gasteiger charge is -2.42. The second-order valence-electron chi connectivity index (χ2n) is 8.97. The summed E-state index contributed by atoms with van der Waals surface area (Å²) in [5, 5.41) is 4.48. The zero-order valence-electron chi connectivity index (χ0n) is 16.7. The average molecular weight is 384 g/mol. The van der Waals surface area contributed by atoms with Crippen LogP contribution in [0.4, 0.5) is 0 Å². The van der Waals surface area contributed by atoms with E-state index >= 15 is 0 Å². The van der Waals surface area contributed by atoms with Crippen molar-refractivity contribution in [2.75, 3.05) is 0 Å². The Morgan fingerprint density at radius 3 is 2.74 bits per heavy atom. The normalized spacial score (nSPS) is 26.2. The van der Waals surface area contributed by atoms with Gasteiger partial charge in [-0.3, -0.25) is 9.98 Å². The average Bonchev–Trinajstić information content (AvgIpc) is 2.63. The van der Waals surface area contributed by atoms with Gasteiger partial charge in [0, 0.05) is 5.02 Å². The van der Waals surface area contributed by atoms with Crippen molar-refractivity contribution >= 4 is 23.1 Å². The van der Waals surface area contributed by atoms with Crippen molar-refractivity contribution in [2.45, 2.75) is 76.8 Å². The smallest absolute Gasteiger partial charge is 0.130 e. The fourth-order valence-corrected chi connectivity index (χ4v) is 4.77. The quantitative estimate of drug-likeness (QED) is 0.664. The molecule has 1 aliphatic heterocycles. The monoisotopic (exact) mass is 383 g/mol. The van der Waals surface area contributed by atoms with Crippen LogP contribution in [0.5, 0.6) is 0 Å². The van der Waals surface area contributed by atoms with Crippen molar-refractivity contribution in [3.05, 3.63) is 46.6 Å². The molecule has 4 rings (SSSR count). The minimum absolute atomic E-state index is 0.169. The fraction of sp³-hybridized carbons (Fsp3) is 0.565. The van der Waals surface area contributed by atoms with E-state index in [1.165, 1.54) is 30.7 Å². The molecule has 2 aliphatic carbocycles. The lowest BCUT2D eigenvalue weighted by molar-refractivity contribution is 0.367. The molecule has 1 aromatic rings. The minimum Gasteiger partial charge on any atom is -0.341 e. The van der Waals surface area contributed by atoms with Crippen LogP contribution in [0.2, 0.25) is 5.02 Å². The molecule has 3 nitrogen and oxygen atoms in total. The van der Waals surface area contributed by atoms with Gasteiger partial charge in [0.25, 0.3) is 0 Å². The van der Waals surface area contributed by atoms with E-state index in [-0.39, 0.29) is 11.1 Å². The van der Waals surface area contributed by atoms with Crippen molar-refractivity contribution in [1.82, 2.24) is 5.32 Å². The van der Waals surface area contributed by atoms with Crippen LogP contribution >= 0.6 is 11.6 Å². The summed E-state index contributed by atoms with van der Waals surface area (Å²) in [5.41, 5.74) is 3.06. The molecule has 27 heavy (non-hydrogen) atoms. The standard InChI is InChI=1S/C23H30ClN3/c1-16-10-11-19-20(14-16)26-23(12-5-4-6-13-23)21(25-19)27-22(2,3)17-8-7-9-18(24)15-17/h7-9,11,15-16H,4-6,10,12-14H2,1-3H3,(H,25,27). The Morgan fingerprint density at radius 2 is 2.00 bits per heavy atom. The maximum absolute atomic E-state index is 6.25. The van der Waals surface area contributed by atoms with Crippen LogP contribution in [0.25, 0.3) is 0 Å². The van der Waals surface area contributed by atoms with Gasteiger partial charge in [0.1, 0.15) is 11.4 Å². The molecule has 1 heterocycles. The number of hydrogen-bond donors (Lipinski definition) is 1. The molecule has 1 N–H and O–H groups in total. The van der Waals surface area contributed by atoms with Gasteiger partial charge in [-0.1, -0.05) is 56.0 Å². The van der Waals surface area contributed by atoms with Crippen LogP contribution in [-0.4, -0.2) is 17.1 Å². The number of nitrogens with zero attached hydrogens (tertiary/aromatic N) is 2. The van der Waals surface area contributed by atoms with Crippen LogP contribution < -0.4 is 5.32 Å². The molecule has 0 aromatic heterocycles. The van der Waals surface area contributed by atoms with Gasteiger partial charge in [0.2, 0.25) is 0 Å². The van der Waals surface area contributed by atoms with Crippen LogP contribution in [-0.2, 0) is 5.54 Å². The molecule has 0 amide bonds. The summed E-state index contributed by atoms with van der Waals surface area (Å²) >= 11 is 6.25. The lowest BCUT2D eigenvalue weighted by Crippen LogP contribution is -2.53. The predicted molar refractivity (Wildman–Crippen MR) is 115 cm³/mol.